The number of piperidine rings is 1. The molecule has 0 radical (unpaired) electrons. The molecule has 0 atom stereocenters. The molecule has 1 saturated heterocycles. The molecule has 2 aromatic carbocycles. The lowest BCUT2D eigenvalue weighted by Crippen LogP contribution is -2.36. The second-order valence-electron chi connectivity index (χ2n) is 8.97. The summed E-state index contributed by atoms with van der Waals surface area (Å²) in [4.78, 5) is 23.2. The second kappa shape index (κ2) is 10.9. The number of halogens is 1. The van der Waals surface area contributed by atoms with E-state index in [1.54, 1.807) is 12.1 Å². The van der Waals surface area contributed by atoms with E-state index in [0.717, 1.165) is 41.8 Å². The van der Waals surface area contributed by atoms with E-state index >= 15 is 0 Å². The molecule has 1 aliphatic heterocycles. The van der Waals surface area contributed by atoms with Crippen LogP contribution in [0.25, 0.3) is 10.2 Å². The zero-order valence-corrected chi connectivity index (χ0v) is 21.2. The van der Waals surface area contributed by atoms with Gasteiger partial charge in [-0.3, -0.25) is 4.79 Å². The Kier molecular flexibility index (Phi) is 7.29. The molecule has 2 aromatic heterocycles. The number of nitrogens with one attached hydrogen (secondary N) is 4. The molecule has 5 rings (SSSR count). The number of rotatable bonds is 8. The third kappa shape index (κ3) is 6.04. The predicted octanol–water partition coefficient (Wildman–Crippen LogP) is 5.95. The van der Waals surface area contributed by atoms with Crippen molar-refractivity contribution in [1.29, 1.82) is 0 Å². The second-order valence-corrected chi connectivity index (χ2v) is 9.89. The van der Waals surface area contributed by atoms with Crippen molar-refractivity contribution < 1.29 is 9.18 Å². The van der Waals surface area contributed by atoms with Gasteiger partial charge in [-0.1, -0.05) is 12.6 Å². The van der Waals surface area contributed by atoms with E-state index in [4.69, 9.17) is 0 Å². The van der Waals surface area contributed by atoms with Crippen molar-refractivity contribution in [2.45, 2.75) is 18.9 Å². The van der Waals surface area contributed by atoms with Crippen LogP contribution in [0.1, 0.15) is 12.8 Å². The lowest BCUT2D eigenvalue weighted by Gasteiger charge is -2.30. The molecule has 4 aromatic rings. The normalized spacial score (nSPS) is 14.3. The van der Waals surface area contributed by atoms with E-state index in [9.17, 15) is 9.18 Å². The van der Waals surface area contributed by atoms with Gasteiger partial charge in [0.15, 0.2) is 5.82 Å². The summed E-state index contributed by atoms with van der Waals surface area (Å²) in [5.41, 5.74) is 3.20. The standard InChI is InChI=1S/C27H28FN7OS/c1-3-24(36)30-18-5-4-6-19(15-18)31-26-25-23(11-14-37-25)33-27(34-26)32-20-7-8-22(21(28)16-20)29-17-9-12-35(2)13-10-17/h3-8,11,14-17,29H,1,9-10,12-13H2,2H3,(H,30,36)(H2,31,32,33,34). The highest BCUT2D eigenvalue weighted by atomic mass is 32.1. The van der Waals surface area contributed by atoms with E-state index in [0.29, 0.717) is 28.8 Å². The van der Waals surface area contributed by atoms with E-state index in [1.165, 1.54) is 23.5 Å². The van der Waals surface area contributed by atoms with Gasteiger partial charge in [-0.05, 0) is 86.9 Å². The van der Waals surface area contributed by atoms with Crippen molar-refractivity contribution in [3.63, 3.8) is 0 Å². The Bertz CT molecular complexity index is 1430. The maximum atomic E-state index is 14.9. The molecular weight excluding hydrogens is 489 g/mol. The number of aromatic nitrogens is 2. The average molecular weight is 518 g/mol. The summed E-state index contributed by atoms with van der Waals surface area (Å²) < 4.78 is 15.8. The van der Waals surface area contributed by atoms with Gasteiger partial charge >= 0.3 is 0 Å². The quantitative estimate of drug-likeness (QED) is 0.215. The summed E-state index contributed by atoms with van der Waals surface area (Å²) in [6.45, 7) is 5.49. The average Bonchev–Trinajstić information content (AvgIpc) is 3.36. The molecule has 0 spiro atoms. The fraction of sp³-hybridized carbons (Fsp3) is 0.222. The highest BCUT2D eigenvalue weighted by molar-refractivity contribution is 7.17. The van der Waals surface area contributed by atoms with Gasteiger partial charge < -0.3 is 26.2 Å². The Morgan fingerprint density at radius 2 is 1.86 bits per heavy atom. The van der Waals surface area contributed by atoms with Gasteiger partial charge in [0, 0.05) is 23.1 Å². The van der Waals surface area contributed by atoms with Crippen molar-refractivity contribution in [2.24, 2.45) is 0 Å². The summed E-state index contributed by atoms with van der Waals surface area (Å²) in [5.74, 6) is 0.346. The highest BCUT2D eigenvalue weighted by Gasteiger charge is 2.18. The van der Waals surface area contributed by atoms with Crippen molar-refractivity contribution in [2.75, 3.05) is 41.4 Å². The number of carbonyl (C=O) groups is 1. The summed E-state index contributed by atoms with van der Waals surface area (Å²) in [7, 11) is 2.11. The minimum atomic E-state index is -0.322. The molecule has 1 aliphatic rings. The Labute approximate surface area is 218 Å². The van der Waals surface area contributed by atoms with Gasteiger partial charge in [0.25, 0.3) is 0 Å². The molecular formula is C27H28FN7OS. The van der Waals surface area contributed by atoms with Crippen LogP contribution in [-0.2, 0) is 4.79 Å². The first-order valence-electron chi connectivity index (χ1n) is 12.0. The van der Waals surface area contributed by atoms with Crippen LogP contribution in [0, 0.1) is 5.82 Å². The Balaban J connectivity index is 1.33. The number of fused-ring (bicyclic) bond motifs is 1. The third-order valence-electron chi connectivity index (χ3n) is 6.19. The first-order chi connectivity index (χ1) is 18.0. The molecule has 0 saturated carbocycles. The zero-order valence-electron chi connectivity index (χ0n) is 20.4. The van der Waals surface area contributed by atoms with E-state index in [2.05, 4.69) is 49.8 Å². The molecule has 1 fully saturated rings. The Morgan fingerprint density at radius 3 is 2.65 bits per heavy atom. The number of amides is 1. The van der Waals surface area contributed by atoms with Crippen LogP contribution in [0.4, 0.5) is 38.9 Å². The molecule has 0 aliphatic carbocycles. The SMILES string of the molecule is C=CC(=O)Nc1cccc(Nc2nc(Nc3ccc(NC4CCN(C)CC4)c(F)c3)nc3ccsc23)c1. The van der Waals surface area contributed by atoms with E-state index in [1.807, 2.05) is 35.7 Å². The zero-order chi connectivity index (χ0) is 25.8. The minimum absolute atomic E-state index is 0.270. The van der Waals surface area contributed by atoms with Gasteiger partial charge in [-0.15, -0.1) is 11.3 Å². The molecule has 0 unspecified atom stereocenters. The number of thiophene rings is 1. The van der Waals surface area contributed by atoms with Crippen LogP contribution < -0.4 is 21.3 Å². The molecule has 1 amide bonds. The topological polar surface area (TPSA) is 94.2 Å². The first kappa shape index (κ1) is 24.7. The lowest BCUT2D eigenvalue weighted by molar-refractivity contribution is -0.111. The van der Waals surface area contributed by atoms with Crippen LogP contribution >= 0.6 is 11.3 Å². The van der Waals surface area contributed by atoms with E-state index in [-0.39, 0.29) is 17.8 Å². The van der Waals surface area contributed by atoms with Crippen LogP contribution in [0.3, 0.4) is 0 Å². The van der Waals surface area contributed by atoms with Crippen molar-refractivity contribution in [3.8, 4) is 0 Å². The monoisotopic (exact) mass is 517 g/mol. The number of carbonyl (C=O) groups excluding carboxylic acids is 1. The van der Waals surface area contributed by atoms with Crippen LogP contribution in [0.2, 0.25) is 0 Å². The fourth-order valence-corrected chi connectivity index (χ4v) is 5.00. The lowest BCUT2D eigenvalue weighted by atomic mass is 10.1. The molecule has 4 N–H and O–H groups in total. The summed E-state index contributed by atoms with van der Waals surface area (Å²) in [6, 6.07) is 14.5. The predicted molar refractivity (Wildman–Crippen MR) is 150 cm³/mol. The number of hydrogen-bond acceptors (Lipinski definition) is 8. The van der Waals surface area contributed by atoms with Crippen LogP contribution in [0.15, 0.2) is 66.6 Å². The van der Waals surface area contributed by atoms with Gasteiger partial charge in [-0.25, -0.2) is 9.37 Å². The summed E-state index contributed by atoms with van der Waals surface area (Å²) in [6.07, 6.45) is 3.20. The van der Waals surface area contributed by atoms with Crippen LogP contribution in [0.5, 0.6) is 0 Å². The van der Waals surface area contributed by atoms with Crippen LogP contribution in [-0.4, -0.2) is 47.0 Å². The summed E-state index contributed by atoms with van der Waals surface area (Å²) in [5, 5.41) is 14.5. The maximum absolute atomic E-state index is 14.9. The molecule has 190 valence electrons. The minimum Gasteiger partial charge on any atom is -0.380 e. The number of nitrogens with zero attached hydrogens (tertiary/aromatic N) is 3. The number of likely N-dealkylation sites (tertiary alicyclic amines) is 1. The molecule has 10 heteroatoms. The molecule has 37 heavy (non-hydrogen) atoms. The number of anilines is 6. The van der Waals surface area contributed by atoms with Crippen molar-refractivity contribution in [3.05, 3.63) is 72.4 Å². The first-order valence-corrected chi connectivity index (χ1v) is 12.9. The smallest absolute Gasteiger partial charge is 0.247 e. The largest absolute Gasteiger partial charge is 0.380 e. The Morgan fingerprint density at radius 1 is 1.08 bits per heavy atom. The third-order valence-corrected chi connectivity index (χ3v) is 7.10. The van der Waals surface area contributed by atoms with Crippen molar-refractivity contribution in [1.82, 2.24) is 14.9 Å². The fourth-order valence-electron chi connectivity index (χ4n) is 4.22. The molecule has 8 nitrogen and oxygen atoms in total. The molecule has 3 heterocycles. The van der Waals surface area contributed by atoms with E-state index < -0.39 is 0 Å². The van der Waals surface area contributed by atoms with Gasteiger partial charge in [0.1, 0.15) is 5.82 Å². The Hall–Kier alpha value is -4.02. The number of benzene rings is 2. The van der Waals surface area contributed by atoms with Gasteiger partial charge in [0.2, 0.25) is 11.9 Å². The van der Waals surface area contributed by atoms with Gasteiger partial charge in [-0.2, -0.15) is 4.98 Å². The maximum Gasteiger partial charge on any atom is 0.247 e. The number of hydrogen-bond donors (Lipinski definition) is 4. The summed E-state index contributed by atoms with van der Waals surface area (Å²) >= 11 is 1.52. The highest BCUT2D eigenvalue weighted by Crippen LogP contribution is 2.31. The molecule has 0 bridgehead atoms. The van der Waals surface area contributed by atoms with Gasteiger partial charge in [0.05, 0.1) is 15.9 Å². The van der Waals surface area contributed by atoms with Crippen molar-refractivity contribution >= 4 is 62.0 Å².